The Bertz CT molecular complexity index is 1490. The monoisotopic (exact) mass is 555 g/mol. The minimum atomic E-state index is -0.457. The molecule has 39 heavy (non-hydrogen) atoms. The smallest absolute Gasteiger partial charge is 0.272 e. The highest BCUT2D eigenvalue weighted by atomic mass is 35.5. The number of thioether (sulfide) groups is 1. The molecule has 196 valence electrons. The van der Waals surface area contributed by atoms with Gasteiger partial charge in [0.15, 0.2) is 0 Å². The van der Waals surface area contributed by atoms with E-state index in [1.54, 1.807) is 66.7 Å². The zero-order valence-corrected chi connectivity index (χ0v) is 22.7. The molecule has 0 fully saturated rings. The first-order valence-corrected chi connectivity index (χ1v) is 13.5. The van der Waals surface area contributed by atoms with E-state index < -0.39 is 5.91 Å². The lowest BCUT2D eigenvalue weighted by atomic mass is 10.1. The Morgan fingerprint density at radius 1 is 0.795 bits per heavy atom. The molecule has 0 heterocycles. The number of anilines is 2. The van der Waals surface area contributed by atoms with E-state index in [-0.39, 0.29) is 23.3 Å². The number of rotatable bonds is 9. The molecule has 3 N–H and O–H groups in total. The van der Waals surface area contributed by atoms with Crippen LogP contribution in [0.2, 0.25) is 5.02 Å². The second kappa shape index (κ2) is 13.5. The van der Waals surface area contributed by atoms with Crippen molar-refractivity contribution >= 4 is 58.5 Å². The van der Waals surface area contributed by atoms with Crippen LogP contribution in [-0.4, -0.2) is 23.5 Å². The van der Waals surface area contributed by atoms with Gasteiger partial charge in [-0.1, -0.05) is 65.7 Å². The predicted octanol–water partition coefficient (Wildman–Crippen LogP) is 6.79. The summed E-state index contributed by atoms with van der Waals surface area (Å²) in [6, 6.07) is 30.4. The third-order valence-electron chi connectivity index (χ3n) is 5.51. The molecule has 4 aromatic carbocycles. The van der Waals surface area contributed by atoms with E-state index in [1.807, 2.05) is 49.4 Å². The highest BCUT2D eigenvalue weighted by Crippen LogP contribution is 2.22. The first-order chi connectivity index (χ1) is 18.9. The van der Waals surface area contributed by atoms with Crippen molar-refractivity contribution < 1.29 is 14.4 Å². The molecule has 0 saturated carbocycles. The zero-order valence-electron chi connectivity index (χ0n) is 21.1. The fourth-order valence-corrected chi connectivity index (χ4v) is 4.41. The van der Waals surface area contributed by atoms with Crippen molar-refractivity contribution in [2.45, 2.75) is 11.8 Å². The van der Waals surface area contributed by atoms with Gasteiger partial charge in [-0.2, -0.15) is 0 Å². The molecule has 0 saturated heterocycles. The highest BCUT2D eigenvalue weighted by molar-refractivity contribution is 8.00. The molecule has 0 atom stereocenters. The molecule has 0 aliphatic carbocycles. The summed E-state index contributed by atoms with van der Waals surface area (Å²) < 4.78 is 0. The number of carbonyl (C=O) groups excluding carboxylic acids is 3. The molecular formula is C31H26ClN3O3S. The van der Waals surface area contributed by atoms with Gasteiger partial charge in [0.05, 0.1) is 5.75 Å². The average molecular weight is 556 g/mol. The number of hydrogen-bond donors (Lipinski definition) is 3. The van der Waals surface area contributed by atoms with Crippen molar-refractivity contribution in [1.29, 1.82) is 0 Å². The molecule has 0 bridgehead atoms. The zero-order chi connectivity index (χ0) is 27.6. The van der Waals surface area contributed by atoms with Gasteiger partial charge < -0.3 is 16.0 Å². The molecule has 0 aliphatic rings. The lowest BCUT2D eigenvalue weighted by molar-refractivity contribution is -0.114. The van der Waals surface area contributed by atoms with E-state index >= 15 is 0 Å². The SMILES string of the molecule is Cc1ccc(/C=C(\NC(=O)c2ccccc2)C(=O)Nc2ccc(SCC(=O)Nc3cccc(Cl)c3)cc2)cc1. The average Bonchev–Trinajstić information content (AvgIpc) is 2.94. The third kappa shape index (κ3) is 8.60. The lowest BCUT2D eigenvalue weighted by Crippen LogP contribution is -2.30. The number of amides is 3. The first kappa shape index (κ1) is 27.7. The molecule has 3 amide bonds. The Morgan fingerprint density at radius 3 is 2.21 bits per heavy atom. The third-order valence-corrected chi connectivity index (χ3v) is 6.75. The van der Waals surface area contributed by atoms with Crippen LogP contribution in [0, 0.1) is 6.92 Å². The Labute approximate surface area is 236 Å². The molecule has 6 nitrogen and oxygen atoms in total. The van der Waals surface area contributed by atoms with E-state index in [2.05, 4.69) is 16.0 Å². The largest absolute Gasteiger partial charge is 0.325 e. The molecule has 0 unspecified atom stereocenters. The van der Waals surface area contributed by atoms with Crippen LogP contribution in [0.4, 0.5) is 11.4 Å². The summed E-state index contributed by atoms with van der Waals surface area (Å²) in [6.07, 6.45) is 1.64. The molecule has 0 radical (unpaired) electrons. The van der Waals surface area contributed by atoms with Crippen LogP contribution in [0.1, 0.15) is 21.5 Å². The Hall–Kier alpha value is -4.33. The molecular weight excluding hydrogens is 530 g/mol. The van der Waals surface area contributed by atoms with Crippen LogP contribution in [0.25, 0.3) is 6.08 Å². The van der Waals surface area contributed by atoms with Gasteiger partial charge in [0.2, 0.25) is 5.91 Å². The van der Waals surface area contributed by atoms with Crippen molar-refractivity contribution in [2.24, 2.45) is 0 Å². The quantitative estimate of drug-likeness (QED) is 0.157. The normalized spacial score (nSPS) is 11.0. The summed E-state index contributed by atoms with van der Waals surface area (Å²) in [5.74, 6) is -0.777. The van der Waals surface area contributed by atoms with Crippen LogP contribution >= 0.6 is 23.4 Å². The van der Waals surface area contributed by atoms with E-state index in [9.17, 15) is 14.4 Å². The van der Waals surface area contributed by atoms with Crippen LogP contribution in [0.15, 0.2) is 114 Å². The second-order valence-electron chi connectivity index (χ2n) is 8.61. The van der Waals surface area contributed by atoms with Crippen molar-refractivity contribution in [3.63, 3.8) is 0 Å². The summed E-state index contributed by atoms with van der Waals surface area (Å²) in [4.78, 5) is 39.1. The van der Waals surface area contributed by atoms with E-state index in [0.717, 1.165) is 16.0 Å². The Balaban J connectivity index is 1.40. The summed E-state index contributed by atoms with van der Waals surface area (Å²) >= 11 is 7.33. The van der Waals surface area contributed by atoms with Gasteiger partial charge in [-0.15, -0.1) is 11.8 Å². The Morgan fingerprint density at radius 2 is 1.51 bits per heavy atom. The molecule has 8 heteroatoms. The van der Waals surface area contributed by atoms with Crippen LogP contribution in [0.3, 0.4) is 0 Å². The highest BCUT2D eigenvalue weighted by Gasteiger charge is 2.15. The number of nitrogens with one attached hydrogen (secondary N) is 3. The van der Waals surface area contributed by atoms with Crippen molar-refractivity contribution in [2.75, 3.05) is 16.4 Å². The number of halogens is 1. The van der Waals surface area contributed by atoms with Crippen LogP contribution < -0.4 is 16.0 Å². The summed E-state index contributed by atoms with van der Waals surface area (Å²) in [7, 11) is 0. The Kier molecular flexibility index (Phi) is 9.56. The minimum Gasteiger partial charge on any atom is -0.325 e. The maximum Gasteiger partial charge on any atom is 0.272 e. The first-order valence-electron chi connectivity index (χ1n) is 12.1. The standard InChI is InChI=1S/C31H26ClN3O3S/c1-21-10-12-22(13-11-21)18-28(35-30(37)23-6-3-2-4-7-23)31(38)34-25-14-16-27(17-15-25)39-20-29(36)33-26-9-5-8-24(32)19-26/h2-19H,20H2,1H3,(H,33,36)(H,34,38)(H,35,37)/b28-18-. The predicted molar refractivity (Wildman–Crippen MR) is 159 cm³/mol. The topological polar surface area (TPSA) is 87.3 Å². The molecule has 0 aliphatic heterocycles. The maximum atomic E-state index is 13.2. The van der Waals surface area contributed by atoms with E-state index in [4.69, 9.17) is 11.6 Å². The van der Waals surface area contributed by atoms with Gasteiger partial charge in [-0.05, 0) is 73.2 Å². The van der Waals surface area contributed by atoms with Crippen LogP contribution in [-0.2, 0) is 9.59 Å². The van der Waals surface area contributed by atoms with E-state index in [1.165, 1.54) is 11.8 Å². The van der Waals surface area contributed by atoms with Crippen LogP contribution in [0.5, 0.6) is 0 Å². The van der Waals surface area contributed by atoms with Gasteiger partial charge >= 0.3 is 0 Å². The number of carbonyl (C=O) groups is 3. The van der Waals surface area contributed by atoms with Gasteiger partial charge in [0.1, 0.15) is 5.70 Å². The fourth-order valence-electron chi connectivity index (χ4n) is 3.52. The molecule has 4 aromatic rings. The summed E-state index contributed by atoms with van der Waals surface area (Å²) in [5, 5.41) is 8.94. The molecule has 4 rings (SSSR count). The van der Waals surface area contributed by atoms with Crippen molar-refractivity contribution in [3.05, 3.63) is 131 Å². The minimum absolute atomic E-state index is 0.115. The van der Waals surface area contributed by atoms with Gasteiger partial charge in [0, 0.05) is 26.9 Å². The van der Waals surface area contributed by atoms with Crippen molar-refractivity contribution in [1.82, 2.24) is 5.32 Å². The second-order valence-corrected chi connectivity index (χ2v) is 10.1. The fraction of sp³-hybridized carbons (Fsp3) is 0.0645. The number of aryl methyl sites for hydroxylation is 1. The number of benzene rings is 4. The lowest BCUT2D eigenvalue weighted by Gasteiger charge is -2.12. The van der Waals surface area contributed by atoms with Gasteiger partial charge in [0.25, 0.3) is 11.8 Å². The molecule has 0 spiro atoms. The molecule has 0 aromatic heterocycles. The maximum absolute atomic E-state index is 13.2. The summed E-state index contributed by atoms with van der Waals surface area (Å²) in [6.45, 7) is 1.98. The van der Waals surface area contributed by atoms with E-state index in [0.29, 0.717) is 22.0 Å². The van der Waals surface area contributed by atoms with Crippen molar-refractivity contribution in [3.8, 4) is 0 Å². The van der Waals surface area contributed by atoms with Gasteiger partial charge in [-0.25, -0.2) is 0 Å². The van der Waals surface area contributed by atoms with Gasteiger partial charge in [-0.3, -0.25) is 14.4 Å². The number of hydrogen-bond acceptors (Lipinski definition) is 4. The summed E-state index contributed by atoms with van der Waals surface area (Å²) in [5.41, 5.74) is 3.62.